The molecule has 1 aromatic carbocycles. The number of ether oxygens (including phenoxy) is 1. The fraction of sp³-hybridized carbons (Fsp3) is 0.571. The first-order chi connectivity index (χ1) is 8.22. The minimum absolute atomic E-state index is 0.183. The third-order valence-corrected chi connectivity index (χ3v) is 3.25. The SMILES string of the molecule is CC(C)CC(NN)c1cccc2c1OCCC2. The zero-order valence-electron chi connectivity index (χ0n) is 10.7. The normalized spacial score (nSPS) is 16.5. The smallest absolute Gasteiger partial charge is 0.127 e. The summed E-state index contributed by atoms with van der Waals surface area (Å²) in [5, 5.41) is 0. The zero-order valence-corrected chi connectivity index (χ0v) is 10.7. The monoisotopic (exact) mass is 234 g/mol. The topological polar surface area (TPSA) is 47.3 Å². The van der Waals surface area contributed by atoms with Gasteiger partial charge in [0.25, 0.3) is 0 Å². The maximum Gasteiger partial charge on any atom is 0.127 e. The molecular weight excluding hydrogens is 212 g/mol. The Bertz CT molecular complexity index is 376. The highest BCUT2D eigenvalue weighted by Crippen LogP contribution is 2.34. The van der Waals surface area contributed by atoms with E-state index in [9.17, 15) is 0 Å². The summed E-state index contributed by atoms with van der Waals surface area (Å²) in [6.45, 7) is 5.24. The maximum absolute atomic E-state index is 5.82. The van der Waals surface area contributed by atoms with Crippen LogP contribution in [-0.4, -0.2) is 6.61 Å². The van der Waals surface area contributed by atoms with E-state index in [1.165, 1.54) is 11.1 Å². The summed E-state index contributed by atoms with van der Waals surface area (Å²) in [6, 6.07) is 6.56. The van der Waals surface area contributed by atoms with Gasteiger partial charge in [0.15, 0.2) is 0 Å². The van der Waals surface area contributed by atoms with Gasteiger partial charge in [0.2, 0.25) is 0 Å². The highest BCUT2D eigenvalue weighted by atomic mass is 16.5. The molecule has 0 spiro atoms. The van der Waals surface area contributed by atoms with Gasteiger partial charge in [-0.1, -0.05) is 32.0 Å². The molecule has 0 radical (unpaired) electrons. The lowest BCUT2D eigenvalue weighted by Gasteiger charge is -2.25. The van der Waals surface area contributed by atoms with Crippen LogP contribution in [0.4, 0.5) is 0 Å². The van der Waals surface area contributed by atoms with E-state index < -0.39 is 0 Å². The van der Waals surface area contributed by atoms with Crippen molar-refractivity contribution in [3.63, 3.8) is 0 Å². The summed E-state index contributed by atoms with van der Waals surface area (Å²) in [4.78, 5) is 0. The van der Waals surface area contributed by atoms with E-state index >= 15 is 0 Å². The molecule has 0 fully saturated rings. The Kier molecular flexibility index (Phi) is 4.02. The molecule has 94 valence electrons. The maximum atomic E-state index is 5.82. The van der Waals surface area contributed by atoms with E-state index in [0.29, 0.717) is 5.92 Å². The number of hydrazine groups is 1. The van der Waals surface area contributed by atoms with Crippen LogP contribution < -0.4 is 16.0 Å². The van der Waals surface area contributed by atoms with Gasteiger partial charge in [-0.15, -0.1) is 0 Å². The third kappa shape index (κ3) is 2.79. The van der Waals surface area contributed by atoms with E-state index in [2.05, 4.69) is 37.5 Å². The van der Waals surface area contributed by atoms with Crippen LogP contribution in [0.15, 0.2) is 18.2 Å². The van der Waals surface area contributed by atoms with Gasteiger partial charge in [0.1, 0.15) is 5.75 Å². The molecule has 1 heterocycles. The Morgan fingerprint density at radius 3 is 2.94 bits per heavy atom. The molecule has 0 bridgehead atoms. The molecule has 1 aliphatic rings. The molecule has 3 heteroatoms. The Balaban J connectivity index is 2.29. The van der Waals surface area contributed by atoms with Crippen LogP contribution >= 0.6 is 0 Å². The van der Waals surface area contributed by atoms with Crippen LogP contribution in [0.1, 0.15) is 43.9 Å². The quantitative estimate of drug-likeness (QED) is 0.622. The lowest BCUT2D eigenvalue weighted by Crippen LogP contribution is -2.30. The zero-order chi connectivity index (χ0) is 12.3. The molecule has 0 aliphatic carbocycles. The van der Waals surface area contributed by atoms with E-state index in [1.807, 2.05) is 0 Å². The average Bonchev–Trinajstić information content (AvgIpc) is 2.35. The highest BCUT2D eigenvalue weighted by Gasteiger charge is 2.20. The van der Waals surface area contributed by atoms with E-state index in [1.54, 1.807) is 0 Å². The molecule has 17 heavy (non-hydrogen) atoms. The van der Waals surface area contributed by atoms with Gasteiger partial charge in [-0.25, -0.2) is 0 Å². The van der Waals surface area contributed by atoms with Crippen LogP contribution in [0.25, 0.3) is 0 Å². The van der Waals surface area contributed by atoms with Crippen molar-refractivity contribution in [2.75, 3.05) is 6.61 Å². The predicted octanol–water partition coefficient (Wildman–Crippen LogP) is 2.56. The Labute approximate surface area is 103 Å². The van der Waals surface area contributed by atoms with Crippen molar-refractivity contribution in [3.05, 3.63) is 29.3 Å². The van der Waals surface area contributed by atoms with Crippen LogP contribution in [-0.2, 0) is 6.42 Å². The van der Waals surface area contributed by atoms with Crippen molar-refractivity contribution in [3.8, 4) is 5.75 Å². The number of hydrogen-bond acceptors (Lipinski definition) is 3. The van der Waals surface area contributed by atoms with Crippen LogP contribution in [0.3, 0.4) is 0 Å². The average molecular weight is 234 g/mol. The van der Waals surface area contributed by atoms with Gasteiger partial charge >= 0.3 is 0 Å². The fourth-order valence-electron chi connectivity index (χ4n) is 2.45. The number of fused-ring (bicyclic) bond motifs is 1. The van der Waals surface area contributed by atoms with Crippen LogP contribution in [0.5, 0.6) is 5.75 Å². The molecule has 0 saturated carbocycles. The van der Waals surface area contributed by atoms with E-state index in [-0.39, 0.29) is 6.04 Å². The summed E-state index contributed by atoms with van der Waals surface area (Å²) in [7, 11) is 0. The summed E-state index contributed by atoms with van der Waals surface area (Å²) < 4.78 is 5.82. The Morgan fingerprint density at radius 2 is 2.24 bits per heavy atom. The second-order valence-electron chi connectivity index (χ2n) is 5.14. The Morgan fingerprint density at radius 1 is 1.41 bits per heavy atom. The first-order valence-electron chi connectivity index (χ1n) is 6.43. The van der Waals surface area contributed by atoms with Crippen LogP contribution in [0.2, 0.25) is 0 Å². The fourth-order valence-corrected chi connectivity index (χ4v) is 2.45. The lowest BCUT2D eigenvalue weighted by molar-refractivity contribution is 0.279. The van der Waals surface area contributed by atoms with Gasteiger partial charge in [-0.3, -0.25) is 11.3 Å². The molecule has 0 amide bonds. The molecular formula is C14H22N2O. The third-order valence-electron chi connectivity index (χ3n) is 3.25. The lowest BCUT2D eigenvalue weighted by atomic mass is 9.93. The number of rotatable bonds is 4. The number of nitrogens with two attached hydrogens (primary N) is 1. The summed E-state index contributed by atoms with van der Waals surface area (Å²) in [6.07, 6.45) is 3.25. The molecule has 1 aliphatic heterocycles. The van der Waals surface area contributed by atoms with Gasteiger partial charge in [-0.05, 0) is 30.7 Å². The van der Waals surface area contributed by atoms with Gasteiger partial charge < -0.3 is 4.74 Å². The minimum Gasteiger partial charge on any atom is -0.493 e. The molecule has 1 unspecified atom stereocenters. The second kappa shape index (κ2) is 5.52. The molecule has 1 atom stereocenters. The van der Waals surface area contributed by atoms with Crippen molar-refractivity contribution < 1.29 is 4.74 Å². The molecule has 2 rings (SSSR count). The first kappa shape index (κ1) is 12.4. The molecule has 3 N–H and O–H groups in total. The number of para-hydroxylation sites is 1. The largest absolute Gasteiger partial charge is 0.493 e. The van der Waals surface area contributed by atoms with Crippen LogP contribution in [0, 0.1) is 5.92 Å². The molecule has 0 saturated heterocycles. The van der Waals surface area contributed by atoms with Gasteiger partial charge in [0, 0.05) is 11.6 Å². The molecule has 3 nitrogen and oxygen atoms in total. The Hall–Kier alpha value is -1.06. The minimum atomic E-state index is 0.183. The van der Waals surface area contributed by atoms with Crippen molar-refractivity contribution in [1.82, 2.24) is 5.43 Å². The summed E-state index contributed by atoms with van der Waals surface area (Å²) in [5.74, 6) is 7.35. The van der Waals surface area contributed by atoms with Gasteiger partial charge in [0.05, 0.1) is 6.61 Å². The highest BCUT2D eigenvalue weighted by molar-refractivity contribution is 5.44. The number of nitrogens with one attached hydrogen (secondary N) is 1. The van der Waals surface area contributed by atoms with E-state index in [4.69, 9.17) is 10.6 Å². The number of aryl methyl sites for hydroxylation is 1. The second-order valence-corrected chi connectivity index (χ2v) is 5.14. The van der Waals surface area contributed by atoms with Crippen molar-refractivity contribution >= 4 is 0 Å². The standard InChI is InChI=1S/C14H22N2O/c1-10(2)9-13(16-15)12-7-3-5-11-6-4-8-17-14(11)12/h3,5,7,10,13,16H,4,6,8-9,15H2,1-2H3. The molecule has 0 aromatic heterocycles. The number of hydrogen-bond donors (Lipinski definition) is 2. The van der Waals surface area contributed by atoms with Crippen molar-refractivity contribution in [1.29, 1.82) is 0 Å². The summed E-state index contributed by atoms with van der Waals surface area (Å²) in [5.41, 5.74) is 5.44. The van der Waals surface area contributed by atoms with Crippen molar-refractivity contribution in [2.24, 2.45) is 11.8 Å². The van der Waals surface area contributed by atoms with Gasteiger partial charge in [-0.2, -0.15) is 0 Å². The summed E-state index contributed by atoms with van der Waals surface area (Å²) >= 11 is 0. The number of benzene rings is 1. The van der Waals surface area contributed by atoms with E-state index in [0.717, 1.165) is 31.6 Å². The first-order valence-corrected chi connectivity index (χ1v) is 6.43. The van der Waals surface area contributed by atoms with Crippen molar-refractivity contribution in [2.45, 2.75) is 39.2 Å². The predicted molar refractivity (Wildman–Crippen MR) is 69.8 cm³/mol. The molecule has 1 aromatic rings.